The first-order chi connectivity index (χ1) is 16.9. The number of piperidine rings is 1. The van der Waals surface area contributed by atoms with Gasteiger partial charge in [0.15, 0.2) is 5.82 Å². The molecule has 35 heavy (non-hydrogen) atoms. The molecule has 5 rings (SSSR count). The van der Waals surface area contributed by atoms with E-state index in [-0.39, 0.29) is 23.7 Å². The SMILES string of the molecule is CNC(=O)C1CCN(c2nc3cc(F)c(C)cc3cc2[C@H](C)Nc2ncnc3cccnc23)CC1. The zero-order valence-electron chi connectivity index (χ0n) is 20.0. The molecule has 1 aromatic carbocycles. The van der Waals surface area contributed by atoms with Gasteiger partial charge in [0.1, 0.15) is 23.5 Å². The number of nitrogens with one attached hydrogen (secondary N) is 2. The maximum Gasteiger partial charge on any atom is 0.222 e. The fourth-order valence-electron chi connectivity index (χ4n) is 4.73. The van der Waals surface area contributed by atoms with Gasteiger partial charge >= 0.3 is 0 Å². The van der Waals surface area contributed by atoms with Crippen molar-refractivity contribution in [3.63, 3.8) is 0 Å². The van der Waals surface area contributed by atoms with Gasteiger partial charge in [0.25, 0.3) is 0 Å². The number of carbonyl (C=O) groups is 1. The molecular weight excluding hydrogens is 445 g/mol. The number of aryl methyl sites for hydroxylation is 1. The van der Waals surface area contributed by atoms with Crippen LogP contribution in [0.3, 0.4) is 0 Å². The predicted octanol–water partition coefficient (Wildman–Crippen LogP) is 4.16. The van der Waals surface area contributed by atoms with E-state index in [1.54, 1.807) is 20.2 Å². The highest BCUT2D eigenvalue weighted by Crippen LogP contribution is 2.34. The molecule has 1 aliphatic heterocycles. The summed E-state index contributed by atoms with van der Waals surface area (Å²) in [5, 5.41) is 7.12. The van der Waals surface area contributed by atoms with Gasteiger partial charge in [0.05, 0.1) is 17.1 Å². The van der Waals surface area contributed by atoms with Crippen molar-refractivity contribution in [3.8, 4) is 0 Å². The Morgan fingerprint density at radius 3 is 2.71 bits per heavy atom. The Labute approximate surface area is 203 Å². The van der Waals surface area contributed by atoms with Gasteiger partial charge < -0.3 is 15.5 Å². The second-order valence-corrected chi connectivity index (χ2v) is 9.03. The molecule has 1 aliphatic rings. The van der Waals surface area contributed by atoms with Crippen LogP contribution < -0.4 is 15.5 Å². The molecule has 2 N–H and O–H groups in total. The lowest BCUT2D eigenvalue weighted by atomic mass is 9.95. The molecule has 1 saturated heterocycles. The van der Waals surface area contributed by atoms with E-state index in [2.05, 4.69) is 43.5 Å². The summed E-state index contributed by atoms with van der Waals surface area (Å²) in [6.07, 6.45) is 4.72. The summed E-state index contributed by atoms with van der Waals surface area (Å²) in [5.41, 5.74) is 3.63. The van der Waals surface area contributed by atoms with Gasteiger partial charge in [-0.05, 0) is 56.5 Å². The quantitative estimate of drug-likeness (QED) is 0.449. The van der Waals surface area contributed by atoms with E-state index in [9.17, 15) is 9.18 Å². The van der Waals surface area contributed by atoms with Crippen LogP contribution in [0.15, 0.2) is 42.9 Å². The first kappa shape index (κ1) is 22.9. The molecule has 4 aromatic rings. The fourth-order valence-corrected chi connectivity index (χ4v) is 4.73. The topological polar surface area (TPSA) is 95.9 Å². The van der Waals surface area contributed by atoms with E-state index in [1.165, 1.54) is 12.4 Å². The molecule has 1 fully saturated rings. The molecule has 1 amide bonds. The second-order valence-electron chi connectivity index (χ2n) is 9.03. The number of benzene rings is 1. The number of pyridine rings is 2. The average molecular weight is 474 g/mol. The molecule has 180 valence electrons. The van der Waals surface area contributed by atoms with E-state index in [0.29, 0.717) is 35.5 Å². The van der Waals surface area contributed by atoms with Crippen LogP contribution in [0.4, 0.5) is 16.0 Å². The van der Waals surface area contributed by atoms with Crippen LogP contribution in [-0.4, -0.2) is 46.0 Å². The van der Waals surface area contributed by atoms with E-state index in [0.717, 1.165) is 35.1 Å². The number of nitrogens with zero attached hydrogens (tertiary/aromatic N) is 5. The van der Waals surface area contributed by atoms with Crippen LogP contribution in [0, 0.1) is 18.7 Å². The maximum atomic E-state index is 14.4. The maximum absolute atomic E-state index is 14.4. The molecule has 0 spiro atoms. The summed E-state index contributed by atoms with van der Waals surface area (Å²) in [6.45, 7) is 5.20. The van der Waals surface area contributed by atoms with Crippen LogP contribution in [0.2, 0.25) is 0 Å². The average Bonchev–Trinajstić information content (AvgIpc) is 2.88. The minimum Gasteiger partial charge on any atom is -0.361 e. The monoisotopic (exact) mass is 473 g/mol. The fraction of sp³-hybridized carbons (Fsp3) is 0.346. The van der Waals surface area contributed by atoms with Crippen LogP contribution in [0.1, 0.15) is 36.9 Å². The van der Waals surface area contributed by atoms with Crippen molar-refractivity contribution in [2.24, 2.45) is 5.92 Å². The molecule has 4 heterocycles. The molecule has 0 saturated carbocycles. The second kappa shape index (κ2) is 9.40. The van der Waals surface area contributed by atoms with Gasteiger partial charge in [-0.2, -0.15) is 0 Å². The van der Waals surface area contributed by atoms with E-state index >= 15 is 0 Å². The molecule has 0 bridgehead atoms. The number of amides is 1. The molecule has 1 atom stereocenters. The highest BCUT2D eigenvalue weighted by molar-refractivity contribution is 5.86. The lowest BCUT2D eigenvalue weighted by Crippen LogP contribution is -2.40. The molecular formula is C26H28FN7O. The van der Waals surface area contributed by atoms with E-state index in [1.807, 2.05) is 18.2 Å². The van der Waals surface area contributed by atoms with Gasteiger partial charge in [0, 0.05) is 49.3 Å². The van der Waals surface area contributed by atoms with Gasteiger partial charge in [-0.15, -0.1) is 0 Å². The van der Waals surface area contributed by atoms with Gasteiger partial charge in [-0.1, -0.05) is 0 Å². The number of halogens is 1. The lowest BCUT2D eigenvalue weighted by Gasteiger charge is -2.34. The summed E-state index contributed by atoms with van der Waals surface area (Å²) in [6, 6.07) is 8.98. The highest BCUT2D eigenvalue weighted by atomic mass is 19.1. The number of rotatable bonds is 5. The third-order valence-corrected chi connectivity index (χ3v) is 6.73. The van der Waals surface area contributed by atoms with Crippen molar-refractivity contribution in [2.75, 3.05) is 30.4 Å². The molecule has 8 nitrogen and oxygen atoms in total. The minimum absolute atomic E-state index is 0.00532. The zero-order chi connectivity index (χ0) is 24.5. The van der Waals surface area contributed by atoms with Crippen molar-refractivity contribution in [2.45, 2.75) is 32.7 Å². The van der Waals surface area contributed by atoms with Gasteiger partial charge in [0.2, 0.25) is 5.91 Å². The molecule has 3 aromatic heterocycles. The third-order valence-electron chi connectivity index (χ3n) is 6.73. The standard InChI is InChI=1S/C26H28FN7O/c1-15-11-18-12-19(16(2)32-24-23-21(30-14-31-24)5-4-8-29-23)25(33-22(18)13-20(15)27)34-9-6-17(7-10-34)26(35)28-3/h4-5,8,11-14,16-17H,6-7,9-10H2,1-3H3,(H,28,35)(H,30,31,32)/t16-/m0/s1. The Balaban J connectivity index is 1.53. The predicted molar refractivity (Wildman–Crippen MR) is 135 cm³/mol. The summed E-state index contributed by atoms with van der Waals surface area (Å²) >= 11 is 0. The lowest BCUT2D eigenvalue weighted by molar-refractivity contribution is -0.125. The van der Waals surface area contributed by atoms with E-state index < -0.39 is 0 Å². The Hall–Kier alpha value is -3.88. The first-order valence-electron chi connectivity index (χ1n) is 11.8. The Morgan fingerprint density at radius 2 is 1.94 bits per heavy atom. The van der Waals surface area contributed by atoms with Gasteiger partial charge in [-0.3, -0.25) is 9.78 Å². The zero-order valence-corrected chi connectivity index (χ0v) is 20.0. The Morgan fingerprint density at radius 1 is 1.14 bits per heavy atom. The van der Waals surface area contributed by atoms with Crippen molar-refractivity contribution in [1.82, 2.24) is 25.3 Å². The Bertz CT molecular complexity index is 1400. The summed E-state index contributed by atoms with van der Waals surface area (Å²) in [4.78, 5) is 32.4. The first-order valence-corrected chi connectivity index (χ1v) is 11.8. The van der Waals surface area contributed by atoms with Crippen molar-refractivity contribution >= 4 is 39.5 Å². The number of hydrogen-bond donors (Lipinski definition) is 2. The number of hydrogen-bond acceptors (Lipinski definition) is 7. The number of fused-ring (bicyclic) bond motifs is 2. The molecule has 0 unspecified atom stereocenters. The smallest absolute Gasteiger partial charge is 0.222 e. The van der Waals surface area contributed by atoms with Crippen LogP contribution in [-0.2, 0) is 4.79 Å². The normalized spacial score (nSPS) is 15.4. The van der Waals surface area contributed by atoms with Gasteiger partial charge in [-0.25, -0.2) is 19.3 Å². The van der Waals surface area contributed by atoms with Crippen LogP contribution >= 0.6 is 0 Å². The number of aromatic nitrogens is 4. The molecule has 0 radical (unpaired) electrons. The number of anilines is 2. The number of carbonyl (C=O) groups excluding carboxylic acids is 1. The Kier molecular flexibility index (Phi) is 6.15. The largest absolute Gasteiger partial charge is 0.361 e. The summed E-state index contributed by atoms with van der Waals surface area (Å²) < 4.78 is 14.4. The minimum atomic E-state index is -0.272. The molecule has 9 heteroatoms. The van der Waals surface area contributed by atoms with E-state index in [4.69, 9.17) is 4.98 Å². The summed E-state index contributed by atoms with van der Waals surface area (Å²) in [5.74, 6) is 1.23. The van der Waals surface area contributed by atoms with Crippen molar-refractivity contribution in [3.05, 3.63) is 59.8 Å². The highest BCUT2D eigenvalue weighted by Gasteiger charge is 2.27. The molecule has 0 aliphatic carbocycles. The van der Waals surface area contributed by atoms with Crippen molar-refractivity contribution < 1.29 is 9.18 Å². The van der Waals surface area contributed by atoms with Crippen LogP contribution in [0.5, 0.6) is 0 Å². The van der Waals surface area contributed by atoms with Crippen LogP contribution in [0.25, 0.3) is 21.9 Å². The summed E-state index contributed by atoms with van der Waals surface area (Å²) in [7, 11) is 1.67. The third kappa shape index (κ3) is 4.45. The van der Waals surface area contributed by atoms with Crippen molar-refractivity contribution in [1.29, 1.82) is 0 Å².